The lowest BCUT2D eigenvalue weighted by Gasteiger charge is -2.10. The zero-order chi connectivity index (χ0) is 15.4. The Morgan fingerprint density at radius 2 is 2.05 bits per heavy atom. The number of aryl methyl sites for hydroxylation is 1. The van der Waals surface area contributed by atoms with Gasteiger partial charge in [0.25, 0.3) is 5.69 Å². The highest BCUT2D eigenvalue weighted by Gasteiger charge is 2.10. The summed E-state index contributed by atoms with van der Waals surface area (Å²) in [6.45, 7) is 2.44. The Morgan fingerprint density at radius 1 is 1.29 bits per heavy atom. The molecule has 0 saturated heterocycles. The van der Waals surface area contributed by atoms with Crippen LogP contribution in [0.2, 0.25) is 5.02 Å². The van der Waals surface area contributed by atoms with Crippen molar-refractivity contribution in [3.63, 3.8) is 0 Å². The number of halogens is 1. The first-order chi connectivity index (χ1) is 10.0. The van der Waals surface area contributed by atoms with Crippen LogP contribution < -0.4 is 10.1 Å². The highest BCUT2D eigenvalue weighted by atomic mass is 35.5. The minimum Gasteiger partial charge on any atom is -0.457 e. The second kappa shape index (κ2) is 6.56. The van der Waals surface area contributed by atoms with E-state index in [1.54, 1.807) is 19.1 Å². The number of rotatable bonds is 5. The Labute approximate surface area is 127 Å². The second-order valence-corrected chi connectivity index (χ2v) is 5.00. The van der Waals surface area contributed by atoms with Crippen molar-refractivity contribution in [2.24, 2.45) is 0 Å². The van der Waals surface area contributed by atoms with Crippen molar-refractivity contribution in [2.45, 2.75) is 13.5 Å². The van der Waals surface area contributed by atoms with Crippen LogP contribution in [0.5, 0.6) is 11.5 Å². The van der Waals surface area contributed by atoms with Crippen LogP contribution in [0.25, 0.3) is 0 Å². The summed E-state index contributed by atoms with van der Waals surface area (Å²) >= 11 is 6.17. The number of benzene rings is 2. The van der Waals surface area contributed by atoms with Gasteiger partial charge in [-0.2, -0.15) is 0 Å². The van der Waals surface area contributed by atoms with E-state index >= 15 is 0 Å². The Hall–Kier alpha value is -2.11. The predicted molar refractivity (Wildman–Crippen MR) is 82.1 cm³/mol. The molecule has 0 heterocycles. The first kappa shape index (κ1) is 15.3. The van der Waals surface area contributed by atoms with E-state index in [1.807, 2.05) is 19.2 Å². The monoisotopic (exact) mass is 306 g/mol. The maximum absolute atomic E-state index is 10.7. The SMILES string of the molecule is CNCc1ccc(Oc2ccc([N+](=O)[O-])cc2C)cc1Cl. The minimum absolute atomic E-state index is 0.0438. The lowest BCUT2D eigenvalue weighted by atomic mass is 10.2. The lowest BCUT2D eigenvalue weighted by Crippen LogP contribution is -2.05. The van der Waals surface area contributed by atoms with Crippen LogP contribution in [0.1, 0.15) is 11.1 Å². The van der Waals surface area contributed by atoms with Crippen LogP contribution in [-0.4, -0.2) is 12.0 Å². The number of nitrogens with zero attached hydrogens (tertiary/aromatic N) is 1. The summed E-state index contributed by atoms with van der Waals surface area (Å²) in [7, 11) is 1.85. The number of ether oxygens (including phenoxy) is 1. The molecular formula is C15H15ClN2O3. The zero-order valence-electron chi connectivity index (χ0n) is 11.7. The molecule has 0 aliphatic heterocycles. The second-order valence-electron chi connectivity index (χ2n) is 4.59. The number of nitrogens with one attached hydrogen (secondary N) is 1. The van der Waals surface area contributed by atoms with Gasteiger partial charge in [-0.1, -0.05) is 17.7 Å². The molecule has 2 aromatic rings. The summed E-state index contributed by atoms with van der Waals surface area (Å²) in [5, 5.41) is 14.4. The van der Waals surface area contributed by atoms with Crippen molar-refractivity contribution in [3.8, 4) is 11.5 Å². The molecule has 6 heteroatoms. The third kappa shape index (κ3) is 3.71. The highest BCUT2D eigenvalue weighted by Crippen LogP contribution is 2.30. The average molecular weight is 307 g/mol. The summed E-state index contributed by atoms with van der Waals surface area (Å²) < 4.78 is 5.73. The van der Waals surface area contributed by atoms with E-state index in [0.717, 1.165) is 5.56 Å². The van der Waals surface area contributed by atoms with Crippen LogP contribution in [0, 0.1) is 17.0 Å². The zero-order valence-corrected chi connectivity index (χ0v) is 12.5. The maximum atomic E-state index is 10.7. The summed E-state index contributed by atoms with van der Waals surface area (Å²) in [5.74, 6) is 1.16. The minimum atomic E-state index is -0.430. The van der Waals surface area contributed by atoms with Crippen LogP contribution in [0.4, 0.5) is 5.69 Å². The van der Waals surface area contributed by atoms with Gasteiger partial charge < -0.3 is 10.1 Å². The van der Waals surface area contributed by atoms with Gasteiger partial charge in [0, 0.05) is 23.7 Å². The smallest absolute Gasteiger partial charge is 0.269 e. The van der Waals surface area contributed by atoms with Gasteiger partial charge in [-0.15, -0.1) is 0 Å². The van der Waals surface area contributed by atoms with Gasteiger partial charge in [0.05, 0.1) is 4.92 Å². The maximum Gasteiger partial charge on any atom is 0.269 e. The molecule has 0 saturated carbocycles. The third-order valence-corrected chi connectivity index (χ3v) is 3.34. The molecule has 5 nitrogen and oxygen atoms in total. The van der Waals surface area contributed by atoms with Crippen LogP contribution in [0.15, 0.2) is 36.4 Å². The molecule has 0 bridgehead atoms. The standard InChI is InChI=1S/C15H15ClN2O3/c1-10-7-12(18(19)20)4-6-15(10)21-13-5-3-11(9-17-2)14(16)8-13/h3-8,17H,9H2,1-2H3. The molecular weight excluding hydrogens is 292 g/mol. The van der Waals surface area contributed by atoms with Crippen molar-refractivity contribution in [3.05, 3.63) is 62.7 Å². The molecule has 21 heavy (non-hydrogen) atoms. The molecule has 0 aliphatic carbocycles. The molecule has 2 rings (SSSR count). The van der Waals surface area contributed by atoms with E-state index in [0.29, 0.717) is 28.6 Å². The molecule has 2 aromatic carbocycles. The van der Waals surface area contributed by atoms with Crippen LogP contribution >= 0.6 is 11.6 Å². The number of nitro benzene ring substituents is 1. The average Bonchev–Trinajstić information content (AvgIpc) is 2.44. The first-order valence-corrected chi connectivity index (χ1v) is 6.75. The lowest BCUT2D eigenvalue weighted by molar-refractivity contribution is -0.384. The van der Waals surface area contributed by atoms with Gasteiger partial charge in [-0.05, 0) is 43.3 Å². The van der Waals surface area contributed by atoms with Crippen molar-refractivity contribution in [1.82, 2.24) is 5.32 Å². The number of hydrogen-bond donors (Lipinski definition) is 1. The Morgan fingerprint density at radius 3 is 2.62 bits per heavy atom. The molecule has 0 aromatic heterocycles. The fourth-order valence-electron chi connectivity index (χ4n) is 1.91. The Bertz CT molecular complexity index is 674. The van der Waals surface area contributed by atoms with E-state index in [9.17, 15) is 10.1 Å². The van der Waals surface area contributed by atoms with Crippen LogP contribution in [-0.2, 0) is 6.54 Å². The normalized spacial score (nSPS) is 10.4. The third-order valence-electron chi connectivity index (χ3n) is 2.99. The van der Waals surface area contributed by atoms with Crippen molar-refractivity contribution < 1.29 is 9.66 Å². The quantitative estimate of drug-likeness (QED) is 0.668. The molecule has 0 fully saturated rings. The van der Waals surface area contributed by atoms with E-state index in [1.165, 1.54) is 12.1 Å². The van der Waals surface area contributed by atoms with Crippen LogP contribution in [0.3, 0.4) is 0 Å². The first-order valence-electron chi connectivity index (χ1n) is 6.37. The molecule has 0 amide bonds. The van der Waals surface area contributed by atoms with E-state index in [4.69, 9.17) is 16.3 Å². The molecule has 0 radical (unpaired) electrons. The number of non-ortho nitro benzene ring substituents is 1. The van der Waals surface area contributed by atoms with Gasteiger partial charge in [0.2, 0.25) is 0 Å². The Balaban J connectivity index is 2.22. The van der Waals surface area contributed by atoms with E-state index in [2.05, 4.69) is 5.32 Å². The van der Waals surface area contributed by atoms with Gasteiger partial charge >= 0.3 is 0 Å². The Kier molecular flexibility index (Phi) is 4.77. The van der Waals surface area contributed by atoms with E-state index in [-0.39, 0.29) is 5.69 Å². The fraction of sp³-hybridized carbons (Fsp3) is 0.200. The van der Waals surface area contributed by atoms with E-state index < -0.39 is 4.92 Å². The topological polar surface area (TPSA) is 64.4 Å². The summed E-state index contributed by atoms with van der Waals surface area (Å²) in [5.41, 5.74) is 1.72. The summed E-state index contributed by atoms with van der Waals surface area (Å²) in [6.07, 6.45) is 0. The summed E-state index contributed by atoms with van der Waals surface area (Å²) in [4.78, 5) is 10.3. The largest absolute Gasteiger partial charge is 0.457 e. The highest BCUT2D eigenvalue weighted by molar-refractivity contribution is 6.31. The molecule has 0 atom stereocenters. The van der Waals surface area contributed by atoms with Gasteiger partial charge in [0.15, 0.2) is 0 Å². The number of nitro groups is 1. The van der Waals surface area contributed by atoms with Gasteiger partial charge in [-0.3, -0.25) is 10.1 Å². The molecule has 110 valence electrons. The number of hydrogen-bond acceptors (Lipinski definition) is 4. The molecule has 0 spiro atoms. The van der Waals surface area contributed by atoms with Crippen molar-refractivity contribution in [2.75, 3.05) is 7.05 Å². The predicted octanol–water partition coefficient (Wildman–Crippen LogP) is 4.07. The fourth-order valence-corrected chi connectivity index (χ4v) is 2.15. The van der Waals surface area contributed by atoms with Crippen molar-refractivity contribution in [1.29, 1.82) is 0 Å². The molecule has 1 N–H and O–H groups in total. The van der Waals surface area contributed by atoms with Gasteiger partial charge in [0.1, 0.15) is 11.5 Å². The summed E-state index contributed by atoms with van der Waals surface area (Å²) in [6, 6.07) is 9.91. The molecule has 0 unspecified atom stereocenters. The van der Waals surface area contributed by atoms with Crippen molar-refractivity contribution >= 4 is 17.3 Å². The van der Waals surface area contributed by atoms with Gasteiger partial charge in [-0.25, -0.2) is 0 Å². The molecule has 0 aliphatic rings.